The van der Waals surface area contributed by atoms with Crippen LogP contribution in [0.25, 0.3) is 0 Å². The van der Waals surface area contributed by atoms with Crippen LogP contribution < -0.4 is 15.4 Å². The number of nitrogens with two attached hydrogens (primary N) is 1. The molecule has 4 heteroatoms. The predicted octanol–water partition coefficient (Wildman–Crippen LogP) is 1.95. The van der Waals surface area contributed by atoms with E-state index in [1.165, 1.54) is 12.1 Å². The predicted molar refractivity (Wildman–Crippen MR) is 78.0 cm³/mol. The number of anilines is 1. The van der Waals surface area contributed by atoms with Crippen LogP contribution in [0.3, 0.4) is 0 Å². The maximum Gasteiger partial charge on any atom is 0.122 e. The van der Waals surface area contributed by atoms with Gasteiger partial charge in [-0.15, -0.1) is 0 Å². The number of aryl methyl sites for hydroxylation is 1. The van der Waals surface area contributed by atoms with Gasteiger partial charge >= 0.3 is 0 Å². The molecule has 106 valence electrons. The Labute approximate surface area is 115 Å². The van der Waals surface area contributed by atoms with E-state index in [-0.39, 0.29) is 0 Å². The van der Waals surface area contributed by atoms with Crippen molar-refractivity contribution in [3.63, 3.8) is 0 Å². The standard InChI is InChI=1S/C15H24N2O2/c1-12-10-14(17-7-3-4-13(16)11-17)5-6-15(12)19-9-8-18-2/h5-6,10,13H,3-4,7-9,11,16H2,1-2H3. The van der Waals surface area contributed by atoms with Crippen LogP contribution in [0.15, 0.2) is 18.2 Å². The van der Waals surface area contributed by atoms with Gasteiger partial charge in [-0.1, -0.05) is 0 Å². The van der Waals surface area contributed by atoms with E-state index in [4.69, 9.17) is 15.2 Å². The first-order valence-electron chi connectivity index (χ1n) is 6.93. The summed E-state index contributed by atoms with van der Waals surface area (Å²) in [4.78, 5) is 2.36. The summed E-state index contributed by atoms with van der Waals surface area (Å²) < 4.78 is 10.7. The molecule has 1 aromatic carbocycles. The van der Waals surface area contributed by atoms with Crippen LogP contribution in [-0.2, 0) is 4.74 Å². The molecule has 19 heavy (non-hydrogen) atoms. The third-order valence-electron chi connectivity index (χ3n) is 3.53. The molecule has 1 unspecified atom stereocenters. The van der Waals surface area contributed by atoms with Gasteiger partial charge in [0.15, 0.2) is 0 Å². The molecule has 0 saturated carbocycles. The summed E-state index contributed by atoms with van der Waals surface area (Å²) in [6.45, 7) is 5.32. The zero-order chi connectivity index (χ0) is 13.7. The van der Waals surface area contributed by atoms with E-state index in [9.17, 15) is 0 Å². The third-order valence-corrected chi connectivity index (χ3v) is 3.53. The second-order valence-corrected chi connectivity index (χ2v) is 5.14. The highest BCUT2D eigenvalue weighted by atomic mass is 16.5. The first-order chi connectivity index (χ1) is 9.20. The lowest BCUT2D eigenvalue weighted by atomic mass is 10.1. The Hall–Kier alpha value is -1.26. The highest BCUT2D eigenvalue weighted by molar-refractivity contribution is 5.53. The van der Waals surface area contributed by atoms with Crippen molar-refractivity contribution in [2.75, 3.05) is 38.3 Å². The molecule has 4 nitrogen and oxygen atoms in total. The molecule has 0 spiro atoms. The maximum absolute atomic E-state index is 6.03. The zero-order valence-corrected chi connectivity index (χ0v) is 11.9. The minimum absolute atomic E-state index is 0.298. The van der Waals surface area contributed by atoms with Crippen molar-refractivity contribution in [1.29, 1.82) is 0 Å². The van der Waals surface area contributed by atoms with Crippen molar-refractivity contribution in [3.05, 3.63) is 23.8 Å². The smallest absolute Gasteiger partial charge is 0.122 e. The SMILES string of the molecule is COCCOc1ccc(N2CCCC(N)C2)cc1C. The number of methoxy groups -OCH3 is 1. The average molecular weight is 264 g/mol. The van der Waals surface area contributed by atoms with Crippen molar-refractivity contribution in [2.45, 2.75) is 25.8 Å². The Morgan fingerprint density at radius 3 is 2.89 bits per heavy atom. The highest BCUT2D eigenvalue weighted by Gasteiger charge is 2.17. The summed E-state index contributed by atoms with van der Waals surface area (Å²) in [5.41, 5.74) is 8.43. The summed E-state index contributed by atoms with van der Waals surface area (Å²) in [5, 5.41) is 0. The topological polar surface area (TPSA) is 47.7 Å². The van der Waals surface area contributed by atoms with E-state index in [2.05, 4.69) is 24.0 Å². The molecule has 0 bridgehead atoms. The first kappa shape index (κ1) is 14.2. The zero-order valence-electron chi connectivity index (χ0n) is 11.9. The van der Waals surface area contributed by atoms with Gasteiger partial charge in [-0.3, -0.25) is 0 Å². The molecule has 2 N–H and O–H groups in total. The molecule has 0 amide bonds. The molecule has 1 fully saturated rings. The number of piperidine rings is 1. The number of benzene rings is 1. The first-order valence-corrected chi connectivity index (χ1v) is 6.93. The van der Waals surface area contributed by atoms with E-state index in [0.717, 1.165) is 30.8 Å². The fourth-order valence-electron chi connectivity index (χ4n) is 2.47. The summed E-state index contributed by atoms with van der Waals surface area (Å²) in [6, 6.07) is 6.64. The van der Waals surface area contributed by atoms with Crippen LogP contribution in [0.5, 0.6) is 5.75 Å². The summed E-state index contributed by atoms with van der Waals surface area (Å²) in [5.74, 6) is 0.933. The lowest BCUT2D eigenvalue weighted by molar-refractivity contribution is 0.146. The average Bonchev–Trinajstić information content (AvgIpc) is 2.41. The highest BCUT2D eigenvalue weighted by Crippen LogP contribution is 2.26. The Bertz CT molecular complexity index is 409. The molecule has 2 rings (SSSR count). The van der Waals surface area contributed by atoms with Gasteiger partial charge in [-0.05, 0) is 43.5 Å². The van der Waals surface area contributed by atoms with Crippen molar-refractivity contribution < 1.29 is 9.47 Å². The van der Waals surface area contributed by atoms with E-state index in [1.807, 2.05) is 6.07 Å². The van der Waals surface area contributed by atoms with Gasteiger partial charge in [0, 0.05) is 31.9 Å². The van der Waals surface area contributed by atoms with Gasteiger partial charge in [-0.25, -0.2) is 0 Å². The van der Waals surface area contributed by atoms with E-state index >= 15 is 0 Å². The fraction of sp³-hybridized carbons (Fsp3) is 0.600. The number of rotatable bonds is 5. The van der Waals surface area contributed by atoms with Gasteiger partial charge in [-0.2, -0.15) is 0 Å². The molecule has 0 radical (unpaired) electrons. The summed E-state index contributed by atoms with van der Waals surface area (Å²) in [7, 11) is 1.68. The Morgan fingerprint density at radius 1 is 1.37 bits per heavy atom. The Balaban J connectivity index is 2.01. The molecular formula is C15H24N2O2. The van der Waals surface area contributed by atoms with E-state index in [1.54, 1.807) is 7.11 Å². The number of nitrogens with zero attached hydrogens (tertiary/aromatic N) is 1. The summed E-state index contributed by atoms with van der Waals surface area (Å²) in [6.07, 6.45) is 2.31. The third kappa shape index (κ3) is 3.85. The van der Waals surface area contributed by atoms with Crippen molar-refractivity contribution in [3.8, 4) is 5.75 Å². The fourth-order valence-corrected chi connectivity index (χ4v) is 2.47. The van der Waals surface area contributed by atoms with Crippen LogP contribution in [0.2, 0.25) is 0 Å². The maximum atomic E-state index is 6.03. The number of ether oxygens (including phenoxy) is 2. The van der Waals surface area contributed by atoms with Crippen LogP contribution in [0.4, 0.5) is 5.69 Å². The molecule has 0 aromatic heterocycles. The van der Waals surface area contributed by atoms with Gasteiger partial charge in [0.1, 0.15) is 12.4 Å². The monoisotopic (exact) mass is 264 g/mol. The van der Waals surface area contributed by atoms with E-state index < -0.39 is 0 Å². The molecule has 1 aromatic rings. The molecule has 1 saturated heterocycles. The molecule has 1 aliphatic heterocycles. The minimum Gasteiger partial charge on any atom is -0.491 e. The van der Waals surface area contributed by atoms with Crippen LogP contribution in [0, 0.1) is 6.92 Å². The Morgan fingerprint density at radius 2 is 2.21 bits per heavy atom. The molecule has 1 aliphatic rings. The van der Waals surface area contributed by atoms with Gasteiger partial charge in [0.05, 0.1) is 6.61 Å². The van der Waals surface area contributed by atoms with Crippen LogP contribution >= 0.6 is 0 Å². The summed E-state index contributed by atoms with van der Waals surface area (Å²) >= 11 is 0. The van der Waals surface area contributed by atoms with Crippen molar-refractivity contribution >= 4 is 5.69 Å². The number of hydrogen-bond donors (Lipinski definition) is 1. The van der Waals surface area contributed by atoms with Crippen molar-refractivity contribution in [2.24, 2.45) is 5.73 Å². The lowest BCUT2D eigenvalue weighted by Crippen LogP contribution is -2.42. The Kier molecular flexibility index (Phi) is 5.05. The quantitative estimate of drug-likeness (QED) is 0.826. The van der Waals surface area contributed by atoms with Gasteiger partial charge in [0.25, 0.3) is 0 Å². The lowest BCUT2D eigenvalue weighted by Gasteiger charge is -2.33. The normalized spacial score (nSPS) is 19.5. The molecule has 0 aliphatic carbocycles. The molecular weight excluding hydrogens is 240 g/mol. The second kappa shape index (κ2) is 6.78. The van der Waals surface area contributed by atoms with Crippen LogP contribution in [0.1, 0.15) is 18.4 Å². The largest absolute Gasteiger partial charge is 0.491 e. The minimum atomic E-state index is 0.298. The van der Waals surface area contributed by atoms with Crippen molar-refractivity contribution in [1.82, 2.24) is 0 Å². The van der Waals surface area contributed by atoms with E-state index in [0.29, 0.717) is 19.3 Å². The molecule has 1 heterocycles. The van der Waals surface area contributed by atoms with Gasteiger partial charge < -0.3 is 20.1 Å². The van der Waals surface area contributed by atoms with Crippen LogP contribution in [-0.4, -0.2) is 39.5 Å². The number of hydrogen-bond acceptors (Lipinski definition) is 4. The van der Waals surface area contributed by atoms with Gasteiger partial charge in [0.2, 0.25) is 0 Å². The molecule has 1 atom stereocenters. The second-order valence-electron chi connectivity index (χ2n) is 5.14.